The van der Waals surface area contributed by atoms with E-state index in [-0.39, 0.29) is 23.1 Å². The van der Waals surface area contributed by atoms with E-state index in [4.69, 9.17) is 4.55 Å². The van der Waals surface area contributed by atoms with Crippen molar-refractivity contribution in [2.45, 2.75) is 16.7 Å². The number of fused-ring (bicyclic) bond motifs is 1. The summed E-state index contributed by atoms with van der Waals surface area (Å²) in [7, 11) is -9.60. The zero-order chi connectivity index (χ0) is 19.0. The van der Waals surface area contributed by atoms with Crippen LogP contribution in [0.5, 0.6) is 5.75 Å². The first-order chi connectivity index (χ1) is 11.4. The molecule has 0 aliphatic heterocycles. The van der Waals surface area contributed by atoms with E-state index >= 15 is 0 Å². The Labute approximate surface area is 142 Å². The molecule has 0 unspecified atom stereocenters. The van der Waals surface area contributed by atoms with Crippen LogP contribution >= 0.6 is 0 Å². The minimum Gasteiger partial charge on any atom is -0.507 e. The smallest absolute Gasteiger partial charge is 0.411 e. The highest BCUT2D eigenvalue weighted by Gasteiger charge is 2.21. The lowest BCUT2D eigenvalue weighted by molar-refractivity contribution is 0.168. The fourth-order valence-corrected chi connectivity index (χ4v) is 3.35. The van der Waals surface area contributed by atoms with Gasteiger partial charge in [0.25, 0.3) is 20.2 Å². The minimum absolute atomic E-state index is 0.0491. The third kappa shape index (κ3) is 4.17. The molecule has 0 aromatic heterocycles. The van der Waals surface area contributed by atoms with E-state index < -0.39 is 41.9 Å². The molecule has 0 bridgehead atoms. The Kier molecular flexibility index (Phi) is 4.90. The molecule has 12 heteroatoms. The summed E-state index contributed by atoms with van der Waals surface area (Å²) in [6.07, 6.45) is -0.905. The average Bonchev–Trinajstić information content (AvgIpc) is 2.45. The van der Waals surface area contributed by atoms with Gasteiger partial charge in [-0.1, -0.05) is 0 Å². The first-order valence-electron chi connectivity index (χ1n) is 6.63. The van der Waals surface area contributed by atoms with Crippen LogP contribution < -0.4 is 5.32 Å². The predicted octanol–water partition coefficient (Wildman–Crippen LogP) is 1.61. The van der Waals surface area contributed by atoms with Crippen molar-refractivity contribution in [3.63, 3.8) is 0 Å². The van der Waals surface area contributed by atoms with Gasteiger partial charge in [0.15, 0.2) is 0 Å². The van der Waals surface area contributed by atoms with Crippen LogP contribution in [0.3, 0.4) is 0 Å². The van der Waals surface area contributed by atoms with E-state index in [9.17, 15) is 31.3 Å². The number of aromatic hydroxyl groups is 1. The van der Waals surface area contributed by atoms with E-state index in [1.54, 1.807) is 6.92 Å². The van der Waals surface area contributed by atoms with Crippen LogP contribution in [0.2, 0.25) is 0 Å². The number of hydrogen-bond donors (Lipinski definition) is 4. The van der Waals surface area contributed by atoms with E-state index in [1.165, 1.54) is 0 Å². The van der Waals surface area contributed by atoms with E-state index in [0.717, 1.165) is 18.2 Å². The number of ether oxygens (including phenoxy) is 1. The minimum atomic E-state index is -4.86. The molecule has 0 fully saturated rings. The normalized spacial score (nSPS) is 12.1. The third-order valence-corrected chi connectivity index (χ3v) is 4.81. The number of phenols is 1. The monoisotopic (exact) mass is 391 g/mol. The van der Waals surface area contributed by atoms with Crippen LogP contribution in [0.25, 0.3) is 10.8 Å². The number of hydrogen-bond acceptors (Lipinski definition) is 7. The maximum absolute atomic E-state index is 11.6. The lowest BCUT2D eigenvalue weighted by Gasteiger charge is -2.12. The molecule has 2 aromatic rings. The summed E-state index contributed by atoms with van der Waals surface area (Å²) in [5.41, 5.74) is -0.131. The van der Waals surface area contributed by atoms with Crippen LogP contribution in [0.15, 0.2) is 34.1 Å². The SMILES string of the molecule is CCOC(=O)Nc1cc(S(=O)(=O)O)c2cc(S(=O)(=O)O)cc(O)c2c1. The quantitative estimate of drug-likeness (QED) is 0.566. The second kappa shape index (κ2) is 6.48. The molecule has 2 aromatic carbocycles. The fourth-order valence-electron chi connectivity index (χ4n) is 2.10. The van der Waals surface area contributed by atoms with Gasteiger partial charge in [0.1, 0.15) is 10.6 Å². The van der Waals surface area contributed by atoms with Crippen molar-refractivity contribution in [1.29, 1.82) is 0 Å². The number of amides is 1. The first kappa shape index (κ1) is 18.9. The molecule has 0 spiro atoms. The summed E-state index contributed by atoms with van der Waals surface area (Å²) < 4.78 is 68.8. The number of benzene rings is 2. The average molecular weight is 391 g/mol. The van der Waals surface area contributed by atoms with Crippen LogP contribution in [0.1, 0.15) is 6.92 Å². The molecule has 4 N–H and O–H groups in total. The van der Waals surface area contributed by atoms with Crippen molar-refractivity contribution >= 4 is 42.8 Å². The predicted molar refractivity (Wildman–Crippen MR) is 85.9 cm³/mol. The van der Waals surface area contributed by atoms with Gasteiger partial charge >= 0.3 is 6.09 Å². The highest BCUT2D eigenvalue weighted by atomic mass is 32.2. The molecule has 0 saturated carbocycles. The second-order valence-corrected chi connectivity index (χ2v) is 7.62. The van der Waals surface area contributed by atoms with Gasteiger partial charge in [-0.3, -0.25) is 14.4 Å². The molecular weight excluding hydrogens is 378 g/mol. The second-order valence-electron chi connectivity index (χ2n) is 4.81. The van der Waals surface area contributed by atoms with E-state index in [2.05, 4.69) is 10.1 Å². The molecule has 25 heavy (non-hydrogen) atoms. The highest BCUT2D eigenvalue weighted by Crippen LogP contribution is 2.35. The molecule has 0 saturated heterocycles. The van der Waals surface area contributed by atoms with Crippen LogP contribution in [-0.2, 0) is 25.0 Å². The van der Waals surface area contributed by atoms with E-state index in [0.29, 0.717) is 6.07 Å². The Morgan fingerprint density at radius 3 is 2.20 bits per heavy atom. The zero-order valence-electron chi connectivity index (χ0n) is 12.6. The topological polar surface area (TPSA) is 167 Å². The van der Waals surface area contributed by atoms with Crippen LogP contribution in [0, 0.1) is 0 Å². The van der Waals surface area contributed by atoms with Gasteiger partial charge in [0, 0.05) is 22.5 Å². The molecule has 2 rings (SSSR count). The largest absolute Gasteiger partial charge is 0.507 e. The molecule has 10 nitrogen and oxygen atoms in total. The first-order valence-corrected chi connectivity index (χ1v) is 9.51. The number of nitrogens with one attached hydrogen (secondary N) is 1. The molecular formula is C13H13NO9S2. The van der Waals surface area contributed by atoms with Gasteiger partial charge in [-0.15, -0.1) is 0 Å². The van der Waals surface area contributed by atoms with Crippen LogP contribution in [-0.4, -0.2) is 43.7 Å². The lowest BCUT2D eigenvalue weighted by atomic mass is 10.1. The van der Waals surface area contributed by atoms with Crippen molar-refractivity contribution in [1.82, 2.24) is 0 Å². The summed E-state index contributed by atoms with van der Waals surface area (Å²) in [6.45, 7) is 1.60. The Morgan fingerprint density at radius 2 is 1.68 bits per heavy atom. The van der Waals surface area contributed by atoms with Gasteiger partial charge in [-0.25, -0.2) is 4.79 Å². The standard InChI is InChI=1S/C13H13NO9S2/c1-2-23-13(16)14-7-3-9-10(12(4-7)25(20,21)22)5-8(6-11(9)15)24(17,18)19/h3-6,15H,2H2,1H3,(H,14,16)(H,17,18,19)(H,20,21,22). The van der Waals surface area contributed by atoms with Crippen molar-refractivity contribution in [2.75, 3.05) is 11.9 Å². The number of rotatable bonds is 4. The van der Waals surface area contributed by atoms with Crippen LogP contribution in [0.4, 0.5) is 10.5 Å². The Morgan fingerprint density at radius 1 is 1.04 bits per heavy atom. The van der Waals surface area contributed by atoms with Gasteiger partial charge < -0.3 is 9.84 Å². The summed E-state index contributed by atoms with van der Waals surface area (Å²) in [5.74, 6) is -0.692. The number of carbonyl (C=O) groups is 1. The lowest BCUT2D eigenvalue weighted by Crippen LogP contribution is -2.14. The molecule has 0 radical (unpaired) electrons. The van der Waals surface area contributed by atoms with Gasteiger partial charge in [0.05, 0.1) is 11.5 Å². The summed E-state index contributed by atoms with van der Waals surface area (Å²) in [4.78, 5) is 9.91. The number of anilines is 1. The van der Waals surface area contributed by atoms with E-state index in [1.807, 2.05) is 0 Å². The van der Waals surface area contributed by atoms with Crippen molar-refractivity contribution in [3.05, 3.63) is 24.3 Å². The summed E-state index contributed by atoms with van der Waals surface area (Å²) >= 11 is 0. The van der Waals surface area contributed by atoms with Gasteiger partial charge in [-0.05, 0) is 25.1 Å². The van der Waals surface area contributed by atoms with Gasteiger partial charge in [-0.2, -0.15) is 16.8 Å². The molecule has 0 aliphatic rings. The number of carbonyl (C=O) groups excluding carboxylic acids is 1. The Bertz CT molecular complexity index is 1060. The molecule has 0 heterocycles. The fraction of sp³-hybridized carbons (Fsp3) is 0.154. The van der Waals surface area contributed by atoms with Crippen molar-refractivity contribution in [3.8, 4) is 5.75 Å². The molecule has 1 amide bonds. The third-order valence-electron chi connectivity index (χ3n) is 3.08. The molecule has 0 aliphatic carbocycles. The van der Waals surface area contributed by atoms with Gasteiger partial charge in [0.2, 0.25) is 0 Å². The summed E-state index contributed by atoms with van der Waals surface area (Å²) in [5, 5.41) is 11.6. The van der Waals surface area contributed by atoms with Crippen molar-refractivity contribution < 1.29 is 40.6 Å². The maximum atomic E-state index is 11.6. The molecule has 136 valence electrons. The van der Waals surface area contributed by atoms with Crippen molar-refractivity contribution in [2.24, 2.45) is 0 Å². The highest BCUT2D eigenvalue weighted by molar-refractivity contribution is 7.86. The zero-order valence-corrected chi connectivity index (χ0v) is 14.3. The maximum Gasteiger partial charge on any atom is 0.411 e. The Hall–Kier alpha value is -2.41. The Balaban J connectivity index is 2.81. The summed E-state index contributed by atoms with van der Waals surface area (Å²) in [6, 6.07) is 3.45. The molecule has 0 atom stereocenters. The number of phenolic OH excluding ortho intramolecular Hbond substituents is 1.